The largest absolute Gasteiger partial charge is 0.105 e. The minimum atomic E-state index is 1.35. The molecule has 0 amide bonds. The molecule has 0 aromatic carbocycles. The Bertz CT molecular complexity index is 29.4. The van der Waals surface area contributed by atoms with E-state index in [1.54, 1.807) is 11.8 Å². The van der Waals surface area contributed by atoms with E-state index in [2.05, 4.69) is 13.8 Å². The molecule has 0 heterocycles. The van der Waals surface area contributed by atoms with Crippen molar-refractivity contribution in [3.63, 3.8) is 0 Å². The van der Waals surface area contributed by atoms with Gasteiger partial charge in [-0.2, -0.15) is 0 Å². The van der Waals surface area contributed by atoms with Crippen molar-refractivity contribution in [2.75, 3.05) is 11.5 Å². The Morgan fingerprint density at radius 2 is 1.75 bits per heavy atom. The van der Waals surface area contributed by atoms with Crippen LogP contribution in [0.3, 0.4) is 0 Å². The van der Waals surface area contributed by atoms with Crippen LogP contribution in [0.1, 0.15) is 33.1 Å². The molecule has 0 aromatic rings. The Morgan fingerprint density at radius 1 is 1.00 bits per heavy atom. The molecule has 0 nitrogen and oxygen atoms in total. The highest BCUT2D eigenvalue weighted by molar-refractivity contribution is 7.78. The molecule has 0 rings (SSSR count). The highest BCUT2D eigenvalue weighted by Gasteiger charge is 1.91. The summed E-state index contributed by atoms with van der Waals surface area (Å²) in [5.74, 6) is 2.82. The van der Waals surface area contributed by atoms with Gasteiger partial charge in [-0.3, -0.25) is 0 Å². The SMILES string of the molecule is CCCC[SH+]CCC. The van der Waals surface area contributed by atoms with Gasteiger partial charge in [0, 0.05) is 0 Å². The van der Waals surface area contributed by atoms with E-state index < -0.39 is 0 Å². The number of unbranched alkanes of at least 4 members (excludes halogenated alkanes) is 1. The summed E-state index contributed by atoms with van der Waals surface area (Å²) in [6, 6.07) is 0. The van der Waals surface area contributed by atoms with E-state index in [0.29, 0.717) is 0 Å². The van der Waals surface area contributed by atoms with Crippen molar-refractivity contribution >= 4 is 11.8 Å². The average Bonchev–Trinajstić information content (AvgIpc) is 1.81. The summed E-state index contributed by atoms with van der Waals surface area (Å²) in [6.45, 7) is 4.50. The molecule has 0 aliphatic rings. The Hall–Kier alpha value is 0.350. The van der Waals surface area contributed by atoms with E-state index >= 15 is 0 Å². The molecule has 0 bridgehead atoms. The van der Waals surface area contributed by atoms with E-state index in [1.807, 2.05) is 0 Å². The van der Waals surface area contributed by atoms with Crippen LogP contribution in [0.4, 0.5) is 0 Å². The van der Waals surface area contributed by atoms with Gasteiger partial charge in [0.2, 0.25) is 0 Å². The van der Waals surface area contributed by atoms with E-state index in [-0.39, 0.29) is 0 Å². The molecule has 0 aromatic heterocycles. The first kappa shape index (κ1) is 8.35. The maximum atomic E-state index is 2.25. The molecule has 0 spiro atoms. The first-order valence-corrected chi connectivity index (χ1v) is 4.81. The van der Waals surface area contributed by atoms with Gasteiger partial charge in [-0.05, 0) is 24.6 Å². The number of thiol groups is 1. The van der Waals surface area contributed by atoms with Gasteiger partial charge in [0.15, 0.2) is 0 Å². The van der Waals surface area contributed by atoms with Crippen LogP contribution in [0.15, 0.2) is 0 Å². The Morgan fingerprint density at radius 3 is 2.25 bits per heavy atom. The molecule has 0 radical (unpaired) electrons. The smallest absolute Gasteiger partial charge is 0.0652 e. The van der Waals surface area contributed by atoms with Gasteiger partial charge in [-0.15, -0.1) is 0 Å². The zero-order valence-electron chi connectivity index (χ0n) is 5.98. The highest BCUT2D eigenvalue weighted by atomic mass is 32.2. The third-order valence-corrected chi connectivity index (χ3v) is 2.45. The maximum Gasteiger partial charge on any atom is 0.105 e. The molecule has 0 unspecified atom stereocenters. The summed E-state index contributed by atoms with van der Waals surface area (Å²) in [5.41, 5.74) is 0. The molecule has 8 heavy (non-hydrogen) atoms. The first-order chi connectivity index (χ1) is 3.91. The summed E-state index contributed by atoms with van der Waals surface area (Å²) in [6.07, 6.45) is 4.13. The molecular weight excluding hydrogens is 116 g/mol. The molecule has 0 atom stereocenters. The topological polar surface area (TPSA) is 0 Å². The van der Waals surface area contributed by atoms with E-state index in [0.717, 1.165) is 0 Å². The number of rotatable bonds is 5. The number of hydrogen-bond donors (Lipinski definition) is 0. The third kappa shape index (κ3) is 6.35. The standard InChI is InChI=1S/C7H16S/c1-3-5-7-8-6-4-2/h3-7H2,1-2H3/p+1. The van der Waals surface area contributed by atoms with Crippen molar-refractivity contribution in [3.05, 3.63) is 0 Å². The van der Waals surface area contributed by atoms with Crippen molar-refractivity contribution < 1.29 is 0 Å². The zero-order valence-corrected chi connectivity index (χ0v) is 6.88. The Kier molecular flexibility index (Phi) is 7.67. The molecule has 0 aliphatic carbocycles. The lowest BCUT2D eigenvalue weighted by atomic mass is 10.4. The fraction of sp³-hybridized carbons (Fsp3) is 1.00. The lowest BCUT2D eigenvalue weighted by Crippen LogP contribution is -1.92. The predicted octanol–water partition coefficient (Wildman–Crippen LogP) is 2.01. The van der Waals surface area contributed by atoms with Gasteiger partial charge in [0.25, 0.3) is 0 Å². The molecule has 50 valence electrons. The van der Waals surface area contributed by atoms with Crippen LogP contribution in [0, 0.1) is 0 Å². The lowest BCUT2D eigenvalue weighted by Gasteiger charge is -1.86. The van der Waals surface area contributed by atoms with Gasteiger partial charge in [-0.25, -0.2) is 0 Å². The van der Waals surface area contributed by atoms with Crippen molar-refractivity contribution in [2.45, 2.75) is 33.1 Å². The molecule has 0 saturated heterocycles. The monoisotopic (exact) mass is 133 g/mol. The van der Waals surface area contributed by atoms with Crippen molar-refractivity contribution in [1.82, 2.24) is 0 Å². The Balaban J connectivity index is 2.53. The second kappa shape index (κ2) is 7.35. The quantitative estimate of drug-likeness (QED) is 0.306. The molecule has 0 saturated carbocycles. The second-order valence-electron chi connectivity index (χ2n) is 2.02. The second-order valence-corrected chi connectivity index (χ2v) is 3.37. The van der Waals surface area contributed by atoms with E-state index in [1.165, 1.54) is 30.8 Å². The first-order valence-electron chi connectivity index (χ1n) is 3.55. The predicted molar refractivity (Wildman–Crippen MR) is 43.7 cm³/mol. The minimum Gasteiger partial charge on any atom is -0.0652 e. The summed E-state index contributed by atoms with van der Waals surface area (Å²) < 4.78 is 0. The van der Waals surface area contributed by atoms with Crippen LogP contribution < -0.4 is 0 Å². The van der Waals surface area contributed by atoms with Crippen molar-refractivity contribution in [3.8, 4) is 0 Å². The minimum absolute atomic E-state index is 1.35. The summed E-state index contributed by atoms with van der Waals surface area (Å²) in [5, 5.41) is 0. The van der Waals surface area contributed by atoms with Crippen LogP contribution >= 0.6 is 0 Å². The zero-order chi connectivity index (χ0) is 6.24. The van der Waals surface area contributed by atoms with Crippen LogP contribution in [-0.4, -0.2) is 11.5 Å². The van der Waals surface area contributed by atoms with E-state index in [9.17, 15) is 0 Å². The number of hydrogen-bond acceptors (Lipinski definition) is 0. The van der Waals surface area contributed by atoms with Gasteiger partial charge in [-0.1, -0.05) is 20.3 Å². The van der Waals surface area contributed by atoms with Gasteiger partial charge in [0.05, 0.1) is 0 Å². The fourth-order valence-electron chi connectivity index (χ4n) is 0.540. The lowest BCUT2D eigenvalue weighted by molar-refractivity contribution is 0.894. The van der Waals surface area contributed by atoms with Crippen LogP contribution in [0.25, 0.3) is 0 Å². The molecule has 1 heteroatoms. The van der Waals surface area contributed by atoms with Crippen LogP contribution in [0.2, 0.25) is 0 Å². The molecule has 0 N–H and O–H groups in total. The summed E-state index contributed by atoms with van der Waals surface area (Å²) in [7, 11) is 0. The Labute approximate surface area is 57.1 Å². The van der Waals surface area contributed by atoms with E-state index in [4.69, 9.17) is 0 Å². The molecule has 0 aliphatic heterocycles. The van der Waals surface area contributed by atoms with Crippen molar-refractivity contribution in [1.29, 1.82) is 0 Å². The summed E-state index contributed by atoms with van der Waals surface area (Å²) >= 11 is 1.66. The highest BCUT2D eigenvalue weighted by Crippen LogP contribution is 1.88. The maximum absolute atomic E-state index is 2.25. The van der Waals surface area contributed by atoms with Gasteiger partial charge >= 0.3 is 0 Å². The normalized spacial score (nSPS) is 9.75. The van der Waals surface area contributed by atoms with Crippen LogP contribution in [-0.2, 0) is 11.8 Å². The third-order valence-electron chi connectivity index (χ3n) is 1.05. The molecular formula is C7H17S+. The van der Waals surface area contributed by atoms with Crippen LogP contribution in [0.5, 0.6) is 0 Å². The van der Waals surface area contributed by atoms with Crippen molar-refractivity contribution in [2.24, 2.45) is 0 Å². The molecule has 0 fully saturated rings. The van der Waals surface area contributed by atoms with Gasteiger partial charge < -0.3 is 0 Å². The summed E-state index contributed by atoms with van der Waals surface area (Å²) in [4.78, 5) is 0. The fourth-order valence-corrected chi connectivity index (χ4v) is 1.62. The average molecular weight is 133 g/mol. The van der Waals surface area contributed by atoms with Gasteiger partial charge in [0.1, 0.15) is 11.5 Å².